The number of benzene rings is 2. The van der Waals surface area contributed by atoms with Gasteiger partial charge in [-0.3, -0.25) is 4.79 Å². The van der Waals surface area contributed by atoms with E-state index in [1.807, 2.05) is 36.4 Å². The van der Waals surface area contributed by atoms with E-state index in [-0.39, 0.29) is 12.4 Å². The van der Waals surface area contributed by atoms with Crippen molar-refractivity contribution < 1.29 is 9.90 Å². The number of carbonyl (C=O) groups is 1. The summed E-state index contributed by atoms with van der Waals surface area (Å²) in [6.07, 6.45) is 2.99. The van der Waals surface area contributed by atoms with Gasteiger partial charge in [-0.1, -0.05) is 24.3 Å². The number of nitrogens with zero attached hydrogens (tertiary/aromatic N) is 1. The van der Waals surface area contributed by atoms with Gasteiger partial charge >= 0.3 is 0 Å². The Morgan fingerprint density at radius 3 is 2.71 bits per heavy atom. The van der Waals surface area contributed by atoms with Crippen molar-refractivity contribution in [3.05, 3.63) is 47.5 Å². The van der Waals surface area contributed by atoms with Gasteiger partial charge in [0.1, 0.15) is 0 Å². The van der Waals surface area contributed by atoms with Crippen LogP contribution in [0.2, 0.25) is 0 Å². The van der Waals surface area contributed by atoms with E-state index in [9.17, 15) is 9.90 Å². The molecule has 0 radical (unpaired) electrons. The molecule has 0 saturated carbocycles. The number of piperidine rings is 1. The smallest absolute Gasteiger partial charge is 0.163 e. The minimum atomic E-state index is 0.0463. The first kappa shape index (κ1) is 17.1. The number of rotatable bonds is 5. The maximum absolute atomic E-state index is 12.7. The SMILES string of the molecule is CC(C)N1CCC[C@@H](CC(=O)c2ccc3cc(CO)ccc3c2)C1. The van der Waals surface area contributed by atoms with E-state index in [1.165, 1.54) is 6.42 Å². The highest BCUT2D eigenvalue weighted by molar-refractivity contribution is 6.00. The van der Waals surface area contributed by atoms with E-state index in [1.54, 1.807) is 0 Å². The van der Waals surface area contributed by atoms with Crippen molar-refractivity contribution in [2.24, 2.45) is 5.92 Å². The molecule has 1 heterocycles. The highest BCUT2D eigenvalue weighted by Gasteiger charge is 2.24. The minimum absolute atomic E-state index is 0.0463. The van der Waals surface area contributed by atoms with Crippen molar-refractivity contribution in [2.45, 2.75) is 45.8 Å². The van der Waals surface area contributed by atoms with Crippen LogP contribution in [0, 0.1) is 5.92 Å². The molecule has 128 valence electrons. The Morgan fingerprint density at radius 1 is 1.21 bits per heavy atom. The predicted molar refractivity (Wildman–Crippen MR) is 98.3 cm³/mol. The van der Waals surface area contributed by atoms with Crippen LogP contribution in [0.3, 0.4) is 0 Å². The van der Waals surface area contributed by atoms with Crippen LogP contribution < -0.4 is 0 Å². The summed E-state index contributed by atoms with van der Waals surface area (Å²) in [5, 5.41) is 11.4. The van der Waals surface area contributed by atoms with Gasteiger partial charge in [0, 0.05) is 24.6 Å². The number of Topliss-reactive ketones (excluding diaryl/α,β-unsaturated/α-hetero) is 1. The molecule has 3 heteroatoms. The Balaban J connectivity index is 1.71. The van der Waals surface area contributed by atoms with Gasteiger partial charge in [-0.2, -0.15) is 0 Å². The summed E-state index contributed by atoms with van der Waals surface area (Å²) in [5.74, 6) is 0.722. The molecule has 1 atom stereocenters. The molecular formula is C21H27NO2. The molecule has 1 aliphatic heterocycles. The van der Waals surface area contributed by atoms with Crippen LogP contribution >= 0.6 is 0 Å². The normalized spacial score (nSPS) is 19.1. The Kier molecular flexibility index (Phi) is 5.32. The summed E-state index contributed by atoms with van der Waals surface area (Å²) < 4.78 is 0. The third-order valence-corrected chi connectivity index (χ3v) is 5.16. The third kappa shape index (κ3) is 3.85. The number of hydrogen-bond donors (Lipinski definition) is 1. The van der Waals surface area contributed by atoms with E-state index < -0.39 is 0 Å². The molecule has 0 aromatic heterocycles. The minimum Gasteiger partial charge on any atom is -0.392 e. The lowest BCUT2D eigenvalue weighted by Gasteiger charge is -2.35. The second-order valence-corrected chi connectivity index (χ2v) is 7.28. The lowest BCUT2D eigenvalue weighted by molar-refractivity contribution is 0.0890. The number of likely N-dealkylation sites (tertiary alicyclic amines) is 1. The Morgan fingerprint density at radius 2 is 1.96 bits per heavy atom. The summed E-state index contributed by atoms with van der Waals surface area (Å²) in [4.78, 5) is 15.2. The van der Waals surface area contributed by atoms with E-state index in [2.05, 4.69) is 18.7 Å². The zero-order chi connectivity index (χ0) is 17.1. The third-order valence-electron chi connectivity index (χ3n) is 5.16. The molecule has 2 aromatic carbocycles. The lowest BCUT2D eigenvalue weighted by atomic mass is 9.90. The molecule has 0 bridgehead atoms. The van der Waals surface area contributed by atoms with Gasteiger partial charge in [-0.15, -0.1) is 0 Å². The van der Waals surface area contributed by atoms with Crippen LogP contribution in [0.1, 0.15) is 49.0 Å². The van der Waals surface area contributed by atoms with Gasteiger partial charge in [-0.05, 0) is 67.6 Å². The van der Waals surface area contributed by atoms with Crippen molar-refractivity contribution in [1.29, 1.82) is 0 Å². The monoisotopic (exact) mass is 325 g/mol. The number of aliphatic hydroxyl groups excluding tert-OH is 1. The fourth-order valence-corrected chi connectivity index (χ4v) is 3.68. The fraction of sp³-hybridized carbons (Fsp3) is 0.476. The molecule has 1 fully saturated rings. The van der Waals surface area contributed by atoms with E-state index in [0.29, 0.717) is 18.4 Å². The van der Waals surface area contributed by atoms with Crippen LogP contribution in [-0.4, -0.2) is 34.9 Å². The van der Waals surface area contributed by atoms with Crippen LogP contribution in [0.25, 0.3) is 10.8 Å². The van der Waals surface area contributed by atoms with Crippen LogP contribution in [0.15, 0.2) is 36.4 Å². The quantitative estimate of drug-likeness (QED) is 0.844. The molecule has 0 unspecified atom stereocenters. The molecule has 0 spiro atoms. The summed E-state index contributed by atoms with van der Waals surface area (Å²) in [6.45, 7) is 6.70. The predicted octanol–water partition coefficient (Wildman–Crippen LogP) is 4.03. The first-order chi connectivity index (χ1) is 11.6. The molecule has 3 rings (SSSR count). The number of aliphatic hydroxyl groups is 1. The summed E-state index contributed by atoms with van der Waals surface area (Å²) in [6, 6.07) is 12.3. The second-order valence-electron chi connectivity index (χ2n) is 7.28. The first-order valence-corrected chi connectivity index (χ1v) is 8.97. The average molecular weight is 325 g/mol. The van der Waals surface area contributed by atoms with Crippen LogP contribution in [-0.2, 0) is 6.61 Å². The highest BCUT2D eigenvalue weighted by Crippen LogP contribution is 2.24. The van der Waals surface area contributed by atoms with Gasteiger partial charge in [0.15, 0.2) is 5.78 Å². The van der Waals surface area contributed by atoms with Gasteiger partial charge in [-0.25, -0.2) is 0 Å². The molecule has 2 aromatic rings. The van der Waals surface area contributed by atoms with Crippen LogP contribution in [0.5, 0.6) is 0 Å². The van der Waals surface area contributed by atoms with Crippen LogP contribution in [0.4, 0.5) is 0 Å². The Hall–Kier alpha value is -1.71. The largest absolute Gasteiger partial charge is 0.392 e. The molecule has 24 heavy (non-hydrogen) atoms. The van der Waals surface area contributed by atoms with E-state index >= 15 is 0 Å². The van der Waals surface area contributed by atoms with Crippen molar-refractivity contribution in [3.63, 3.8) is 0 Å². The van der Waals surface area contributed by atoms with Gasteiger partial charge in [0.2, 0.25) is 0 Å². The van der Waals surface area contributed by atoms with Crippen molar-refractivity contribution in [3.8, 4) is 0 Å². The number of ketones is 1. The molecule has 3 nitrogen and oxygen atoms in total. The van der Waals surface area contributed by atoms with Crippen molar-refractivity contribution >= 4 is 16.6 Å². The summed E-state index contributed by atoms with van der Waals surface area (Å²) in [5.41, 5.74) is 1.71. The van der Waals surface area contributed by atoms with Crippen molar-refractivity contribution in [1.82, 2.24) is 4.90 Å². The molecular weight excluding hydrogens is 298 g/mol. The van der Waals surface area contributed by atoms with Gasteiger partial charge in [0.05, 0.1) is 6.61 Å². The molecule has 1 N–H and O–H groups in total. The fourth-order valence-electron chi connectivity index (χ4n) is 3.68. The lowest BCUT2D eigenvalue weighted by Crippen LogP contribution is -2.40. The van der Waals surface area contributed by atoms with Gasteiger partial charge in [0.25, 0.3) is 0 Å². The molecule has 0 amide bonds. The standard InChI is InChI=1S/C21H27NO2/c1-15(2)22-9-3-4-16(13-22)11-21(24)20-8-7-18-10-17(14-23)5-6-19(18)12-20/h5-8,10,12,15-16,23H,3-4,9,11,13-14H2,1-2H3/t16-/m0/s1. The number of hydrogen-bond acceptors (Lipinski definition) is 3. The molecule has 1 saturated heterocycles. The Bertz CT molecular complexity index is 723. The maximum Gasteiger partial charge on any atom is 0.163 e. The van der Waals surface area contributed by atoms with Crippen molar-refractivity contribution in [2.75, 3.05) is 13.1 Å². The molecule has 1 aliphatic rings. The first-order valence-electron chi connectivity index (χ1n) is 8.97. The second kappa shape index (κ2) is 7.45. The zero-order valence-electron chi connectivity index (χ0n) is 14.7. The highest BCUT2D eigenvalue weighted by atomic mass is 16.3. The Labute approximate surface area is 144 Å². The molecule has 0 aliphatic carbocycles. The van der Waals surface area contributed by atoms with E-state index in [4.69, 9.17) is 0 Å². The number of fused-ring (bicyclic) bond motifs is 1. The summed E-state index contributed by atoms with van der Waals surface area (Å²) >= 11 is 0. The number of carbonyl (C=O) groups excluding carboxylic acids is 1. The maximum atomic E-state index is 12.7. The average Bonchev–Trinajstić information content (AvgIpc) is 2.61. The van der Waals surface area contributed by atoms with E-state index in [0.717, 1.165) is 41.4 Å². The van der Waals surface area contributed by atoms with Gasteiger partial charge < -0.3 is 10.0 Å². The topological polar surface area (TPSA) is 40.5 Å². The summed E-state index contributed by atoms with van der Waals surface area (Å²) in [7, 11) is 0. The zero-order valence-corrected chi connectivity index (χ0v) is 14.7.